The summed E-state index contributed by atoms with van der Waals surface area (Å²) >= 11 is 2.84. The van der Waals surface area contributed by atoms with Gasteiger partial charge in [0.05, 0.1) is 18.7 Å². The molecule has 3 atom stereocenters. The summed E-state index contributed by atoms with van der Waals surface area (Å²) in [5.41, 5.74) is 0.509. The highest BCUT2D eigenvalue weighted by molar-refractivity contribution is 8.14. The minimum atomic E-state index is -1.02. The van der Waals surface area contributed by atoms with Gasteiger partial charge in [-0.3, -0.25) is 24.4 Å². The third kappa shape index (κ3) is 10.7. The summed E-state index contributed by atoms with van der Waals surface area (Å²) in [5.74, 6) is -0.241. The molecule has 2 N–H and O–H groups in total. The molecule has 11 heteroatoms. The molecule has 0 fully saturated rings. The number of amides is 2. The molecular formula is C31H46N4O5S2. The molecule has 3 aliphatic heterocycles. The van der Waals surface area contributed by atoms with E-state index in [0.717, 1.165) is 36.4 Å². The largest absolute Gasteiger partial charge is 0.456 e. The molecule has 3 rings (SSSR count). The number of aliphatic imine (C=N–C) groups is 2. The molecule has 0 aromatic rings. The van der Waals surface area contributed by atoms with Gasteiger partial charge in [0.1, 0.15) is 22.7 Å². The predicted octanol–water partition coefficient (Wildman–Crippen LogP) is 5.15. The summed E-state index contributed by atoms with van der Waals surface area (Å²) in [7, 11) is 0. The maximum absolute atomic E-state index is 13.3. The van der Waals surface area contributed by atoms with Crippen molar-refractivity contribution >= 4 is 57.2 Å². The summed E-state index contributed by atoms with van der Waals surface area (Å²) < 4.78 is 5.79. The fraction of sp³-hybridized carbons (Fsp3) is 0.677. The fourth-order valence-corrected chi connectivity index (χ4v) is 6.65. The number of carbonyl (C=O) groups is 4. The second-order valence-corrected chi connectivity index (χ2v) is 13.7. The van der Waals surface area contributed by atoms with Crippen LogP contribution in [0.2, 0.25) is 0 Å². The number of nitrogens with one attached hydrogen (secondary N) is 2. The Morgan fingerprint density at radius 2 is 2.00 bits per heavy atom. The molecule has 0 aromatic carbocycles. The Morgan fingerprint density at radius 3 is 2.76 bits per heavy atom. The van der Waals surface area contributed by atoms with Gasteiger partial charge in [0, 0.05) is 30.1 Å². The van der Waals surface area contributed by atoms with Crippen molar-refractivity contribution in [2.45, 2.75) is 110 Å². The lowest BCUT2D eigenvalue weighted by Gasteiger charge is -2.27. The normalized spacial score (nSPS) is 25.2. The zero-order valence-corrected chi connectivity index (χ0v) is 27.0. The van der Waals surface area contributed by atoms with Gasteiger partial charge >= 0.3 is 5.97 Å². The second-order valence-electron chi connectivity index (χ2n) is 11.6. The molecule has 3 heterocycles. The number of fused-ring (bicyclic) bond motifs is 3. The Hall–Kier alpha value is -2.40. The number of rotatable bonds is 12. The van der Waals surface area contributed by atoms with Gasteiger partial charge in [-0.05, 0) is 38.2 Å². The van der Waals surface area contributed by atoms with E-state index >= 15 is 0 Å². The predicted molar refractivity (Wildman–Crippen MR) is 172 cm³/mol. The van der Waals surface area contributed by atoms with Crippen LogP contribution in [0.15, 0.2) is 33.9 Å². The molecule has 232 valence electrons. The molecule has 3 aliphatic rings. The van der Waals surface area contributed by atoms with Crippen molar-refractivity contribution in [1.82, 2.24) is 10.6 Å². The maximum Gasteiger partial charge on any atom is 0.329 e. The maximum atomic E-state index is 13.3. The summed E-state index contributed by atoms with van der Waals surface area (Å²) in [6.07, 6.45) is 13.1. The highest BCUT2D eigenvalue weighted by Crippen LogP contribution is 2.33. The number of unbranched alkanes of at least 4 members (excludes halogenated alkanes) is 5. The van der Waals surface area contributed by atoms with E-state index in [4.69, 9.17) is 4.74 Å². The quantitative estimate of drug-likeness (QED) is 0.176. The summed E-state index contributed by atoms with van der Waals surface area (Å²) in [6.45, 7) is 7.91. The number of thioether (sulfide) groups is 2. The van der Waals surface area contributed by atoms with Crippen molar-refractivity contribution in [3.63, 3.8) is 0 Å². The lowest BCUT2D eigenvalue weighted by atomic mass is 10.0. The molecule has 0 radical (unpaired) electrons. The molecular weight excluding hydrogens is 572 g/mol. The lowest BCUT2D eigenvalue weighted by molar-refractivity contribution is -0.153. The van der Waals surface area contributed by atoms with Crippen molar-refractivity contribution in [2.75, 3.05) is 18.1 Å². The Kier molecular flexibility index (Phi) is 13.8. The molecule has 4 bridgehead atoms. The Bertz CT molecular complexity index is 1120. The second kappa shape index (κ2) is 17.0. The first-order valence-corrected chi connectivity index (χ1v) is 17.2. The molecule has 9 nitrogen and oxygen atoms in total. The SMILES string of the molecule is CCCCCCCC(=O)SCCC/C=C/[C@@H]1CC(=O)NCC2=NC(=CC2)C2=N[C@@](C)(CS2)C(=O)N[C@@H](C(C)C)C(=O)O1. The standard InChI is InChI=1S/C31H46N4O5S2/c1-5-6-7-8-11-14-26(37)41-17-12-9-10-13-23-18-25(36)32-19-22-15-16-24(33-22)28-35-31(4,20-42-28)30(39)34-27(21(2)3)29(38)40-23/h10,13,16,21,23,27H,5-9,11-12,14-15,17-20H2,1-4H3,(H,32,36)(H,34,39)/b13-10+/t23-,27+,31+/m1/s1. The number of cyclic esters (lactones) is 1. The van der Waals surface area contributed by atoms with Crippen LogP contribution >= 0.6 is 23.5 Å². The molecule has 0 spiro atoms. The van der Waals surface area contributed by atoms with Crippen molar-refractivity contribution in [3.8, 4) is 0 Å². The van der Waals surface area contributed by atoms with Gasteiger partial charge in [-0.2, -0.15) is 0 Å². The van der Waals surface area contributed by atoms with Crippen LogP contribution in [0.4, 0.5) is 0 Å². The van der Waals surface area contributed by atoms with Gasteiger partial charge in [-0.25, -0.2) is 4.79 Å². The Balaban J connectivity index is 1.61. The van der Waals surface area contributed by atoms with Gasteiger partial charge < -0.3 is 15.4 Å². The van der Waals surface area contributed by atoms with Crippen LogP contribution in [-0.4, -0.2) is 69.4 Å². The monoisotopic (exact) mass is 618 g/mol. The smallest absolute Gasteiger partial charge is 0.329 e. The molecule has 42 heavy (non-hydrogen) atoms. The average Bonchev–Trinajstić information content (AvgIpc) is 3.59. The number of allylic oxidation sites excluding steroid dienone is 2. The van der Waals surface area contributed by atoms with E-state index in [1.807, 2.05) is 26.0 Å². The topological polar surface area (TPSA) is 126 Å². The third-order valence-corrected chi connectivity index (χ3v) is 9.62. The molecule has 0 aliphatic carbocycles. The average molecular weight is 619 g/mol. The fourth-order valence-electron chi connectivity index (χ4n) is 4.67. The highest BCUT2D eigenvalue weighted by atomic mass is 32.2. The van der Waals surface area contributed by atoms with E-state index in [-0.39, 0.29) is 35.8 Å². The summed E-state index contributed by atoms with van der Waals surface area (Å²) in [6, 6.07) is -0.884. The van der Waals surface area contributed by atoms with E-state index in [2.05, 4.69) is 27.5 Å². The van der Waals surface area contributed by atoms with Crippen LogP contribution in [0.1, 0.15) is 91.9 Å². The van der Waals surface area contributed by atoms with E-state index in [1.54, 1.807) is 13.0 Å². The first kappa shape index (κ1) is 34.1. The van der Waals surface area contributed by atoms with Gasteiger partial charge in [-0.1, -0.05) is 70.4 Å². The van der Waals surface area contributed by atoms with Crippen LogP contribution in [0, 0.1) is 5.92 Å². The molecule has 0 unspecified atom stereocenters. The van der Waals surface area contributed by atoms with Crippen molar-refractivity contribution in [1.29, 1.82) is 0 Å². The number of carbonyl (C=O) groups excluding carboxylic acids is 4. The minimum absolute atomic E-state index is 0.0416. The molecule has 0 saturated carbocycles. The lowest BCUT2D eigenvalue weighted by Crippen LogP contribution is -2.53. The van der Waals surface area contributed by atoms with Gasteiger partial charge in [0.15, 0.2) is 5.12 Å². The molecule has 0 aromatic heterocycles. The molecule has 0 saturated heterocycles. The minimum Gasteiger partial charge on any atom is -0.456 e. The molecule has 2 amide bonds. The van der Waals surface area contributed by atoms with Crippen LogP contribution in [0.5, 0.6) is 0 Å². The van der Waals surface area contributed by atoms with Crippen LogP contribution < -0.4 is 10.6 Å². The number of hydrogen-bond acceptors (Lipinski definition) is 9. The first-order chi connectivity index (χ1) is 20.1. The Morgan fingerprint density at radius 1 is 1.21 bits per heavy atom. The van der Waals surface area contributed by atoms with E-state index in [1.165, 1.54) is 42.8 Å². The third-order valence-electron chi connectivity index (χ3n) is 7.32. The summed E-state index contributed by atoms with van der Waals surface area (Å²) in [5, 5.41) is 6.69. The van der Waals surface area contributed by atoms with Crippen LogP contribution in [0.3, 0.4) is 0 Å². The zero-order chi connectivity index (χ0) is 30.5. The summed E-state index contributed by atoms with van der Waals surface area (Å²) in [4.78, 5) is 60.8. The van der Waals surface area contributed by atoms with Gasteiger partial charge in [-0.15, -0.1) is 11.8 Å². The van der Waals surface area contributed by atoms with E-state index in [9.17, 15) is 19.2 Å². The number of hydrogen-bond donors (Lipinski definition) is 2. The number of nitrogens with zero attached hydrogens (tertiary/aromatic N) is 2. The van der Waals surface area contributed by atoms with Crippen molar-refractivity contribution < 1.29 is 23.9 Å². The first-order valence-electron chi connectivity index (χ1n) is 15.2. The van der Waals surface area contributed by atoms with Gasteiger partial charge in [0.25, 0.3) is 0 Å². The van der Waals surface area contributed by atoms with Crippen molar-refractivity contribution in [3.05, 3.63) is 23.9 Å². The van der Waals surface area contributed by atoms with E-state index < -0.39 is 23.7 Å². The van der Waals surface area contributed by atoms with Crippen LogP contribution in [0.25, 0.3) is 0 Å². The number of esters is 1. The van der Waals surface area contributed by atoms with Crippen LogP contribution in [-0.2, 0) is 23.9 Å². The van der Waals surface area contributed by atoms with Gasteiger partial charge in [0.2, 0.25) is 11.8 Å². The van der Waals surface area contributed by atoms with Crippen molar-refractivity contribution in [2.24, 2.45) is 15.9 Å². The van der Waals surface area contributed by atoms with E-state index in [0.29, 0.717) is 30.1 Å². The highest BCUT2D eigenvalue weighted by Gasteiger charge is 2.42. The zero-order valence-electron chi connectivity index (χ0n) is 25.4. The Labute approximate surface area is 258 Å². The number of ether oxygens (including phenoxy) is 1.